The molecule has 144 valence electrons. The first-order valence-corrected chi connectivity index (χ1v) is 8.65. The smallest absolute Gasteiger partial charge is 0.361 e. The Bertz CT molecular complexity index is 940. The normalized spacial score (nSPS) is 10.3. The monoisotopic (exact) mass is 380 g/mol. The highest BCUT2D eigenvalue weighted by Crippen LogP contribution is 2.16. The van der Waals surface area contributed by atoms with Crippen LogP contribution in [0.3, 0.4) is 0 Å². The molecule has 3 rings (SSSR count). The summed E-state index contributed by atoms with van der Waals surface area (Å²) in [4.78, 5) is 24.0. The molecule has 0 radical (unpaired) electrons. The number of hydrogen-bond donors (Lipinski definition) is 1. The summed E-state index contributed by atoms with van der Waals surface area (Å²) in [7, 11) is 1.56. The van der Waals surface area contributed by atoms with Crippen molar-refractivity contribution in [2.24, 2.45) is 0 Å². The van der Waals surface area contributed by atoms with Crippen molar-refractivity contribution in [2.45, 2.75) is 13.1 Å². The lowest BCUT2D eigenvalue weighted by molar-refractivity contribution is -0.124. The van der Waals surface area contributed by atoms with Crippen molar-refractivity contribution < 1.29 is 19.1 Å². The van der Waals surface area contributed by atoms with E-state index in [0.29, 0.717) is 12.3 Å². The molecule has 0 unspecified atom stereocenters. The van der Waals surface area contributed by atoms with Crippen LogP contribution in [0.1, 0.15) is 21.6 Å². The van der Waals surface area contributed by atoms with Gasteiger partial charge in [0.1, 0.15) is 5.75 Å². The Kier molecular flexibility index (Phi) is 6.35. The Labute approximate surface area is 162 Å². The van der Waals surface area contributed by atoms with Crippen LogP contribution in [-0.2, 0) is 22.6 Å². The Morgan fingerprint density at radius 2 is 1.82 bits per heavy atom. The Balaban J connectivity index is 1.46. The van der Waals surface area contributed by atoms with E-state index in [2.05, 4.69) is 15.6 Å². The maximum absolute atomic E-state index is 12.1. The standard InChI is InChI=1S/C20H20N4O4/c1-27-18-10-6-5-9-16(18)11-21-19(25)14-28-20(26)17-13-24(23-22-17)12-15-7-3-2-4-8-15/h2-10,13H,11-12,14H2,1H3,(H,21,25). The van der Waals surface area contributed by atoms with E-state index in [9.17, 15) is 9.59 Å². The SMILES string of the molecule is COc1ccccc1CNC(=O)COC(=O)c1cn(Cc2ccccc2)nn1. The van der Waals surface area contributed by atoms with Gasteiger partial charge in [0.25, 0.3) is 5.91 Å². The summed E-state index contributed by atoms with van der Waals surface area (Å²) in [6.45, 7) is 0.355. The number of rotatable bonds is 8. The number of carbonyl (C=O) groups excluding carboxylic acids is 2. The lowest BCUT2D eigenvalue weighted by atomic mass is 10.2. The number of nitrogens with one attached hydrogen (secondary N) is 1. The lowest BCUT2D eigenvalue weighted by Crippen LogP contribution is -2.28. The minimum Gasteiger partial charge on any atom is -0.496 e. The van der Waals surface area contributed by atoms with Gasteiger partial charge in [-0.3, -0.25) is 4.79 Å². The van der Waals surface area contributed by atoms with Gasteiger partial charge in [0.15, 0.2) is 12.3 Å². The third-order valence-corrected chi connectivity index (χ3v) is 3.94. The van der Waals surface area contributed by atoms with Gasteiger partial charge in [-0.05, 0) is 11.6 Å². The number of para-hydroxylation sites is 1. The van der Waals surface area contributed by atoms with E-state index in [1.54, 1.807) is 13.2 Å². The zero-order chi connectivity index (χ0) is 19.8. The largest absolute Gasteiger partial charge is 0.496 e. The minimum absolute atomic E-state index is 0.0495. The summed E-state index contributed by atoms with van der Waals surface area (Å²) in [6.07, 6.45) is 1.49. The van der Waals surface area contributed by atoms with Gasteiger partial charge in [-0.15, -0.1) is 5.10 Å². The van der Waals surface area contributed by atoms with Gasteiger partial charge in [-0.1, -0.05) is 53.7 Å². The van der Waals surface area contributed by atoms with Gasteiger partial charge in [0, 0.05) is 12.1 Å². The molecule has 0 aliphatic carbocycles. The number of amides is 1. The molecule has 28 heavy (non-hydrogen) atoms. The third-order valence-electron chi connectivity index (χ3n) is 3.94. The van der Waals surface area contributed by atoms with E-state index < -0.39 is 18.5 Å². The first kappa shape index (κ1) is 19.1. The number of esters is 1. The molecule has 0 saturated heterocycles. The number of ether oxygens (including phenoxy) is 2. The van der Waals surface area contributed by atoms with Crippen molar-refractivity contribution in [1.29, 1.82) is 0 Å². The third kappa shape index (κ3) is 5.16. The van der Waals surface area contributed by atoms with E-state index in [-0.39, 0.29) is 12.2 Å². The van der Waals surface area contributed by atoms with Gasteiger partial charge in [0.05, 0.1) is 19.9 Å². The minimum atomic E-state index is -0.702. The molecule has 0 bridgehead atoms. The molecule has 1 amide bonds. The van der Waals surface area contributed by atoms with Crippen molar-refractivity contribution in [3.8, 4) is 5.75 Å². The fourth-order valence-electron chi connectivity index (χ4n) is 2.54. The van der Waals surface area contributed by atoms with Crippen LogP contribution in [-0.4, -0.2) is 40.6 Å². The van der Waals surface area contributed by atoms with Crippen LogP contribution >= 0.6 is 0 Å². The molecule has 0 spiro atoms. The van der Waals surface area contributed by atoms with Gasteiger partial charge in [-0.25, -0.2) is 9.48 Å². The van der Waals surface area contributed by atoms with Crippen LogP contribution in [0.25, 0.3) is 0 Å². The second-order valence-corrected chi connectivity index (χ2v) is 5.95. The van der Waals surface area contributed by atoms with E-state index in [1.807, 2.05) is 48.5 Å². The summed E-state index contributed by atoms with van der Waals surface area (Å²) in [5, 5.41) is 10.4. The van der Waals surface area contributed by atoms with Crippen LogP contribution < -0.4 is 10.1 Å². The van der Waals surface area contributed by atoms with E-state index in [1.165, 1.54) is 10.9 Å². The zero-order valence-electron chi connectivity index (χ0n) is 15.4. The Morgan fingerprint density at radius 3 is 2.61 bits per heavy atom. The molecule has 0 saturated carbocycles. The number of carbonyl (C=O) groups is 2. The molecule has 1 N–H and O–H groups in total. The zero-order valence-corrected chi connectivity index (χ0v) is 15.4. The van der Waals surface area contributed by atoms with Crippen molar-refractivity contribution in [3.63, 3.8) is 0 Å². The molecule has 0 aliphatic heterocycles. The highest BCUT2D eigenvalue weighted by molar-refractivity contribution is 5.89. The molecule has 1 heterocycles. The van der Waals surface area contributed by atoms with Crippen LogP contribution in [0.15, 0.2) is 60.8 Å². The van der Waals surface area contributed by atoms with Crippen molar-refractivity contribution in [2.75, 3.05) is 13.7 Å². The van der Waals surface area contributed by atoms with E-state index >= 15 is 0 Å². The summed E-state index contributed by atoms with van der Waals surface area (Å²) >= 11 is 0. The predicted molar refractivity (Wildman–Crippen MR) is 101 cm³/mol. The fourth-order valence-corrected chi connectivity index (χ4v) is 2.54. The molecular formula is C20H20N4O4. The summed E-state index contributed by atoms with van der Waals surface area (Å²) < 4.78 is 11.8. The Morgan fingerprint density at radius 1 is 1.07 bits per heavy atom. The molecule has 0 aliphatic rings. The lowest BCUT2D eigenvalue weighted by Gasteiger charge is -2.09. The number of aromatic nitrogens is 3. The van der Waals surface area contributed by atoms with Crippen LogP contribution in [0.5, 0.6) is 5.75 Å². The summed E-state index contributed by atoms with van der Waals surface area (Å²) in [5.41, 5.74) is 1.91. The summed E-state index contributed by atoms with van der Waals surface area (Å²) in [6, 6.07) is 17.0. The van der Waals surface area contributed by atoms with E-state index in [0.717, 1.165) is 11.1 Å². The highest BCUT2D eigenvalue weighted by atomic mass is 16.5. The maximum atomic E-state index is 12.1. The van der Waals surface area contributed by atoms with Crippen LogP contribution in [0.4, 0.5) is 0 Å². The number of hydrogen-bond acceptors (Lipinski definition) is 6. The first-order valence-electron chi connectivity index (χ1n) is 8.65. The van der Waals surface area contributed by atoms with Gasteiger partial charge in [-0.2, -0.15) is 0 Å². The molecule has 8 nitrogen and oxygen atoms in total. The first-order chi connectivity index (χ1) is 13.7. The molecule has 1 aromatic heterocycles. The average molecular weight is 380 g/mol. The number of nitrogens with zero attached hydrogens (tertiary/aromatic N) is 3. The Hall–Kier alpha value is -3.68. The van der Waals surface area contributed by atoms with Crippen LogP contribution in [0.2, 0.25) is 0 Å². The molecule has 0 fully saturated rings. The second kappa shape index (κ2) is 9.31. The van der Waals surface area contributed by atoms with Crippen LogP contribution in [0, 0.1) is 0 Å². The van der Waals surface area contributed by atoms with Gasteiger partial charge >= 0.3 is 5.97 Å². The van der Waals surface area contributed by atoms with E-state index in [4.69, 9.17) is 9.47 Å². The molecule has 2 aromatic carbocycles. The van der Waals surface area contributed by atoms with Crippen molar-refractivity contribution in [3.05, 3.63) is 77.6 Å². The average Bonchev–Trinajstić information content (AvgIpc) is 3.20. The quantitative estimate of drug-likeness (QED) is 0.599. The second-order valence-electron chi connectivity index (χ2n) is 5.95. The molecule has 8 heteroatoms. The van der Waals surface area contributed by atoms with Crippen molar-refractivity contribution in [1.82, 2.24) is 20.3 Å². The fraction of sp³-hybridized carbons (Fsp3) is 0.200. The molecule has 0 atom stereocenters. The summed E-state index contributed by atoms with van der Waals surface area (Å²) in [5.74, 6) is -0.447. The maximum Gasteiger partial charge on any atom is 0.361 e. The number of benzene rings is 2. The molecule has 3 aromatic rings. The van der Waals surface area contributed by atoms with Crippen molar-refractivity contribution >= 4 is 11.9 Å². The highest BCUT2D eigenvalue weighted by Gasteiger charge is 2.14. The van der Waals surface area contributed by atoms with Gasteiger partial charge in [0.2, 0.25) is 0 Å². The molecular weight excluding hydrogens is 360 g/mol. The number of methoxy groups -OCH3 is 1. The predicted octanol–water partition coefficient (Wildman–Crippen LogP) is 1.81. The van der Waals surface area contributed by atoms with Gasteiger partial charge < -0.3 is 14.8 Å². The topological polar surface area (TPSA) is 95.3 Å².